The van der Waals surface area contributed by atoms with Crippen LogP contribution in [0.25, 0.3) is 0 Å². The summed E-state index contributed by atoms with van der Waals surface area (Å²) in [6.07, 6.45) is 0. The Bertz CT molecular complexity index is 705. The first-order valence-corrected chi connectivity index (χ1v) is 6.86. The van der Waals surface area contributed by atoms with Crippen LogP contribution in [0.4, 0.5) is 10.1 Å². The zero-order valence-corrected chi connectivity index (χ0v) is 12.7. The van der Waals surface area contributed by atoms with Crippen LogP contribution in [-0.4, -0.2) is 5.91 Å². The summed E-state index contributed by atoms with van der Waals surface area (Å²) in [6, 6.07) is 11.5. The molecule has 2 aromatic carbocycles. The Morgan fingerprint density at radius 2 is 1.95 bits per heavy atom. The lowest BCUT2D eigenvalue weighted by Gasteiger charge is -2.10. The third kappa shape index (κ3) is 3.14. The molecule has 0 aromatic heterocycles. The van der Waals surface area contributed by atoms with Crippen LogP contribution < -0.4 is 5.32 Å². The maximum atomic E-state index is 13.6. The second kappa shape index (κ2) is 6.01. The van der Waals surface area contributed by atoms with Gasteiger partial charge in [0.25, 0.3) is 5.91 Å². The number of hydrogen-bond acceptors (Lipinski definition) is 2. The van der Waals surface area contributed by atoms with E-state index >= 15 is 0 Å². The van der Waals surface area contributed by atoms with Crippen molar-refractivity contribution in [2.24, 2.45) is 0 Å². The molecule has 0 aliphatic rings. The summed E-state index contributed by atoms with van der Waals surface area (Å²) < 4.78 is 14.7. The van der Waals surface area contributed by atoms with Crippen LogP contribution in [0.1, 0.15) is 21.5 Å². The number of nitrogens with zero attached hydrogens (tertiary/aromatic N) is 1. The fourth-order valence-corrected chi connectivity index (χ4v) is 2.03. The van der Waals surface area contributed by atoms with Crippen molar-refractivity contribution in [1.82, 2.24) is 0 Å². The zero-order valence-electron chi connectivity index (χ0n) is 10.6. The molecule has 3 nitrogen and oxygen atoms in total. The third-order valence-corrected chi connectivity index (χ3v) is 3.55. The van der Waals surface area contributed by atoms with Gasteiger partial charge in [-0.1, -0.05) is 0 Å². The standard InChI is InChI=1S/C15H10FIN2O/c1-9-13(16)6-10(8-18)7-14(9)19-15(20)11-2-4-12(17)5-3-11/h2-7H,1H3,(H,19,20). The summed E-state index contributed by atoms with van der Waals surface area (Å²) >= 11 is 2.15. The largest absolute Gasteiger partial charge is 0.322 e. The van der Waals surface area contributed by atoms with Crippen LogP contribution in [0.5, 0.6) is 0 Å². The van der Waals surface area contributed by atoms with Crippen LogP contribution in [-0.2, 0) is 0 Å². The number of carbonyl (C=O) groups is 1. The number of amides is 1. The predicted octanol–water partition coefficient (Wildman–Crippen LogP) is 3.86. The van der Waals surface area contributed by atoms with Gasteiger partial charge in [0, 0.05) is 20.4 Å². The van der Waals surface area contributed by atoms with Gasteiger partial charge < -0.3 is 5.32 Å². The van der Waals surface area contributed by atoms with Gasteiger partial charge in [0.05, 0.1) is 11.6 Å². The molecule has 1 amide bonds. The first kappa shape index (κ1) is 14.5. The van der Waals surface area contributed by atoms with Crippen molar-refractivity contribution in [3.8, 4) is 6.07 Å². The van der Waals surface area contributed by atoms with E-state index < -0.39 is 5.82 Å². The molecule has 0 aliphatic carbocycles. The fourth-order valence-electron chi connectivity index (χ4n) is 1.67. The van der Waals surface area contributed by atoms with Crippen molar-refractivity contribution in [3.05, 3.63) is 62.5 Å². The maximum absolute atomic E-state index is 13.6. The molecule has 0 unspecified atom stereocenters. The minimum atomic E-state index is -0.512. The lowest BCUT2D eigenvalue weighted by molar-refractivity contribution is 0.102. The third-order valence-electron chi connectivity index (χ3n) is 2.83. The molecule has 20 heavy (non-hydrogen) atoms. The first-order valence-electron chi connectivity index (χ1n) is 5.78. The van der Waals surface area contributed by atoms with E-state index in [9.17, 15) is 9.18 Å². The van der Waals surface area contributed by atoms with Gasteiger partial charge in [0.2, 0.25) is 0 Å². The number of benzene rings is 2. The number of carbonyl (C=O) groups excluding carboxylic acids is 1. The van der Waals surface area contributed by atoms with Gasteiger partial charge in [-0.3, -0.25) is 4.79 Å². The summed E-state index contributed by atoms with van der Waals surface area (Å²) in [7, 11) is 0. The molecule has 0 atom stereocenters. The Kier molecular flexibility index (Phi) is 4.35. The normalized spacial score (nSPS) is 9.90. The Balaban J connectivity index is 2.30. The minimum Gasteiger partial charge on any atom is -0.322 e. The van der Waals surface area contributed by atoms with Crippen molar-refractivity contribution in [3.63, 3.8) is 0 Å². The van der Waals surface area contributed by atoms with Crippen molar-refractivity contribution in [2.45, 2.75) is 6.92 Å². The molecule has 0 saturated carbocycles. The summed E-state index contributed by atoms with van der Waals surface area (Å²) in [5.41, 5.74) is 1.27. The molecule has 0 aliphatic heterocycles. The molecular weight excluding hydrogens is 370 g/mol. The van der Waals surface area contributed by atoms with E-state index in [0.717, 1.165) is 9.64 Å². The van der Waals surface area contributed by atoms with Crippen LogP contribution in [0, 0.1) is 27.6 Å². The summed E-state index contributed by atoms with van der Waals surface area (Å²) in [5.74, 6) is -0.846. The Morgan fingerprint density at radius 1 is 1.30 bits per heavy atom. The Morgan fingerprint density at radius 3 is 2.55 bits per heavy atom. The quantitative estimate of drug-likeness (QED) is 0.805. The van der Waals surface area contributed by atoms with E-state index in [0.29, 0.717) is 16.8 Å². The first-order chi connectivity index (χ1) is 9.51. The molecule has 0 heterocycles. The second-order valence-corrected chi connectivity index (χ2v) is 5.45. The summed E-state index contributed by atoms with van der Waals surface area (Å²) in [5, 5.41) is 11.5. The van der Waals surface area contributed by atoms with Crippen LogP contribution in [0.2, 0.25) is 0 Å². The highest BCUT2D eigenvalue weighted by Gasteiger charge is 2.11. The van der Waals surface area contributed by atoms with Crippen molar-refractivity contribution < 1.29 is 9.18 Å². The van der Waals surface area contributed by atoms with E-state index in [1.54, 1.807) is 19.1 Å². The average molecular weight is 380 g/mol. The number of rotatable bonds is 2. The van der Waals surface area contributed by atoms with Crippen LogP contribution in [0.3, 0.4) is 0 Å². The monoisotopic (exact) mass is 380 g/mol. The average Bonchev–Trinajstić information content (AvgIpc) is 2.44. The van der Waals surface area contributed by atoms with E-state index in [1.807, 2.05) is 18.2 Å². The molecule has 0 spiro atoms. The number of nitrogens with one attached hydrogen (secondary N) is 1. The predicted molar refractivity (Wildman–Crippen MR) is 83.0 cm³/mol. The van der Waals surface area contributed by atoms with Gasteiger partial charge in [-0.15, -0.1) is 0 Å². The molecule has 2 rings (SSSR count). The number of anilines is 1. The van der Waals surface area contributed by atoms with Gasteiger partial charge in [-0.25, -0.2) is 4.39 Å². The second-order valence-electron chi connectivity index (χ2n) is 4.20. The molecule has 1 N–H and O–H groups in total. The molecule has 0 saturated heterocycles. The fraction of sp³-hybridized carbons (Fsp3) is 0.0667. The SMILES string of the molecule is Cc1c(F)cc(C#N)cc1NC(=O)c1ccc(I)cc1. The Labute approximate surface area is 129 Å². The van der Waals surface area contributed by atoms with Crippen molar-refractivity contribution in [1.29, 1.82) is 5.26 Å². The highest BCUT2D eigenvalue weighted by Crippen LogP contribution is 2.21. The maximum Gasteiger partial charge on any atom is 0.255 e. The minimum absolute atomic E-state index is 0.172. The molecular formula is C15H10FIN2O. The highest BCUT2D eigenvalue weighted by atomic mass is 127. The molecule has 2 aromatic rings. The molecule has 100 valence electrons. The lowest BCUT2D eigenvalue weighted by atomic mass is 10.1. The molecule has 0 fully saturated rings. The zero-order chi connectivity index (χ0) is 14.7. The number of hydrogen-bond donors (Lipinski definition) is 1. The van der Waals surface area contributed by atoms with Crippen LogP contribution in [0.15, 0.2) is 36.4 Å². The molecule has 0 radical (unpaired) electrons. The summed E-state index contributed by atoms with van der Waals surface area (Å²) in [4.78, 5) is 12.1. The van der Waals surface area contributed by atoms with Gasteiger partial charge in [-0.2, -0.15) is 5.26 Å². The van der Waals surface area contributed by atoms with E-state index in [2.05, 4.69) is 27.9 Å². The molecule has 5 heteroatoms. The number of halogens is 2. The lowest BCUT2D eigenvalue weighted by Crippen LogP contribution is -2.13. The van der Waals surface area contributed by atoms with E-state index in [1.165, 1.54) is 6.07 Å². The van der Waals surface area contributed by atoms with Gasteiger partial charge in [0.15, 0.2) is 0 Å². The Hall–Kier alpha value is -1.94. The van der Waals surface area contributed by atoms with Crippen molar-refractivity contribution >= 4 is 34.2 Å². The topological polar surface area (TPSA) is 52.9 Å². The van der Waals surface area contributed by atoms with E-state index in [-0.39, 0.29) is 11.5 Å². The molecule has 0 bridgehead atoms. The van der Waals surface area contributed by atoms with E-state index in [4.69, 9.17) is 5.26 Å². The number of nitriles is 1. The summed E-state index contributed by atoms with van der Waals surface area (Å²) in [6.45, 7) is 1.56. The van der Waals surface area contributed by atoms with Gasteiger partial charge in [-0.05, 0) is 65.9 Å². The highest BCUT2D eigenvalue weighted by molar-refractivity contribution is 14.1. The van der Waals surface area contributed by atoms with Gasteiger partial charge in [0.1, 0.15) is 5.82 Å². The van der Waals surface area contributed by atoms with Crippen LogP contribution >= 0.6 is 22.6 Å². The van der Waals surface area contributed by atoms with Gasteiger partial charge >= 0.3 is 0 Å². The smallest absolute Gasteiger partial charge is 0.255 e. The van der Waals surface area contributed by atoms with Crippen molar-refractivity contribution in [2.75, 3.05) is 5.32 Å².